The molecule has 0 N–H and O–H groups in total. The molecule has 0 aliphatic carbocycles. The third kappa shape index (κ3) is 4.45. The molecule has 0 amide bonds. The molecule has 9 heteroatoms. The van der Waals surface area contributed by atoms with Crippen molar-refractivity contribution in [2.75, 3.05) is 6.61 Å². The van der Waals surface area contributed by atoms with Crippen LogP contribution in [-0.2, 0) is 16.7 Å². The van der Waals surface area contributed by atoms with E-state index < -0.39 is 17.9 Å². The van der Waals surface area contributed by atoms with Gasteiger partial charge < -0.3 is 9.47 Å². The normalized spacial score (nSPS) is 11.7. The van der Waals surface area contributed by atoms with Crippen LogP contribution < -0.4 is 4.74 Å². The third-order valence-electron chi connectivity index (χ3n) is 3.72. The maximum atomic E-state index is 13.5. The van der Waals surface area contributed by atoms with Gasteiger partial charge in [0.2, 0.25) is 5.88 Å². The van der Waals surface area contributed by atoms with Crippen LogP contribution in [0, 0.1) is 0 Å². The van der Waals surface area contributed by atoms with Gasteiger partial charge in [0.25, 0.3) is 6.43 Å². The summed E-state index contributed by atoms with van der Waals surface area (Å²) in [6, 6.07) is 0. The molecule has 27 heavy (non-hydrogen) atoms. The minimum Gasteiger partial charge on any atom is -0.461 e. The van der Waals surface area contributed by atoms with Gasteiger partial charge in [0.1, 0.15) is 0 Å². The second kappa shape index (κ2) is 8.33. The Labute approximate surface area is 165 Å². The lowest BCUT2D eigenvalue weighted by Gasteiger charge is -2.23. The number of alkyl halides is 2. The summed E-state index contributed by atoms with van der Waals surface area (Å²) in [4.78, 5) is 16.2. The third-order valence-corrected chi connectivity index (χ3v) is 4.35. The van der Waals surface area contributed by atoms with Gasteiger partial charge in [-0.25, -0.2) is 18.3 Å². The van der Waals surface area contributed by atoms with Gasteiger partial charge in [0.15, 0.2) is 11.4 Å². The van der Waals surface area contributed by atoms with Gasteiger partial charge in [0, 0.05) is 16.2 Å². The Balaban J connectivity index is 2.66. The van der Waals surface area contributed by atoms with E-state index >= 15 is 0 Å². The molecule has 0 aliphatic rings. The molecule has 0 atom stereocenters. The average molecular weight is 446 g/mol. The van der Waals surface area contributed by atoms with E-state index in [9.17, 15) is 13.6 Å². The minimum absolute atomic E-state index is 0.102. The molecule has 2 heterocycles. The Morgan fingerprint density at radius 3 is 2.48 bits per heavy atom. The monoisotopic (exact) mass is 445 g/mol. The molecule has 0 unspecified atom stereocenters. The molecule has 0 aromatic carbocycles. The summed E-state index contributed by atoms with van der Waals surface area (Å²) in [6.45, 7) is 9.33. The van der Waals surface area contributed by atoms with Gasteiger partial charge in [0.05, 0.1) is 23.9 Å². The van der Waals surface area contributed by atoms with E-state index in [1.807, 2.05) is 27.7 Å². The smallest absolute Gasteiger partial charge is 0.359 e. The van der Waals surface area contributed by atoms with Gasteiger partial charge >= 0.3 is 5.97 Å². The molecule has 0 aliphatic heterocycles. The summed E-state index contributed by atoms with van der Waals surface area (Å²) in [7, 11) is 0. The number of pyridine rings is 1. The van der Waals surface area contributed by atoms with Crippen molar-refractivity contribution in [3.8, 4) is 11.6 Å². The average Bonchev–Trinajstić information content (AvgIpc) is 2.93. The summed E-state index contributed by atoms with van der Waals surface area (Å²) in [6.07, 6.45) is 0.138. The van der Waals surface area contributed by atoms with Crippen molar-refractivity contribution < 1.29 is 23.0 Å². The first-order valence-electron chi connectivity index (χ1n) is 8.50. The predicted molar refractivity (Wildman–Crippen MR) is 99.5 cm³/mol. The van der Waals surface area contributed by atoms with Gasteiger partial charge in [-0.2, -0.15) is 5.10 Å². The fourth-order valence-corrected chi connectivity index (χ4v) is 2.99. The summed E-state index contributed by atoms with van der Waals surface area (Å²) >= 11 is 3.08. The Bertz CT molecular complexity index is 832. The van der Waals surface area contributed by atoms with E-state index in [2.05, 4.69) is 26.0 Å². The number of rotatable bonds is 6. The van der Waals surface area contributed by atoms with Crippen LogP contribution in [0.2, 0.25) is 0 Å². The first-order valence-corrected chi connectivity index (χ1v) is 9.29. The van der Waals surface area contributed by atoms with Crippen LogP contribution in [0.25, 0.3) is 0 Å². The van der Waals surface area contributed by atoms with Crippen LogP contribution in [-0.4, -0.2) is 27.3 Å². The van der Waals surface area contributed by atoms with Crippen molar-refractivity contribution in [2.24, 2.45) is 0 Å². The second-order valence-electron chi connectivity index (χ2n) is 6.72. The van der Waals surface area contributed by atoms with E-state index in [1.165, 1.54) is 17.1 Å². The van der Waals surface area contributed by atoms with E-state index in [-0.39, 0.29) is 34.0 Å². The number of carbonyl (C=O) groups excluding carboxylic acids is 1. The van der Waals surface area contributed by atoms with Crippen LogP contribution in [0.3, 0.4) is 0 Å². The van der Waals surface area contributed by atoms with E-state index in [4.69, 9.17) is 9.47 Å². The van der Waals surface area contributed by atoms with Crippen molar-refractivity contribution in [2.45, 2.75) is 53.0 Å². The number of aromatic nitrogens is 3. The molecule has 2 aromatic rings. The van der Waals surface area contributed by atoms with E-state index in [0.29, 0.717) is 12.0 Å². The number of carbonyl (C=O) groups is 1. The molecule has 0 fully saturated rings. The van der Waals surface area contributed by atoms with E-state index in [0.717, 1.165) is 0 Å². The van der Waals surface area contributed by atoms with Crippen LogP contribution in [0.15, 0.2) is 16.9 Å². The Hall–Kier alpha value is -2.03. The van der Waals surface area contributed by atoms with Gasteiger partial charge in [-0.05, 0) is 50.0 Å². The molecule has 148 valence electrons. The van der Waals surface area contributed by atoms with Crippen molar-refractivity contribution in [3.05, 3.63) is 33.7 Å². The maximum Gasteiger partial charge on any atom is 0.359 e. The Kier molecular flexibility index (Phi) is 6.56. The van der Waals surface area contributed by atoms with Gasteiger partial charge in [-0.15, -0.1) is 0 Å². The fraction of sp³-hybridized carbons (Fsp3) is 0.500. The van der Waals surface area contributed by atoms with Crippen LogP contribution >= 0.6 is 15.9 Å². The van der Waals surface area contributed by atoms with Gasteiger partial charge in [-0.1, -0.05) is 6.92 Å². The Morgan fingerprint density at radius 2 is 1.96 bits per heavy atom. The lowest BCUT2D eigenvalue weighted by atomic mass is 10.1. The van der Waals surface area contributed by atoms with Crippen molar-refractivity contribution in [1.82, 2.24) is 14.8 Å². The molecule has 0 saturated heterocycles. The summed E-state index contributed by atoms with van der Waals surface area (Å²) < 4.78 is 39.6. The number of hydrogen-bond acceptors (Lipinski definition) is 5. The number of ether oxygens (including phenoxy) is 2. The number of esters is 1. The number of nitrogens with zero attached hydrogens (tertiary/aromatic N) is 3. The van der Waals surface area contributed by atoms with Crippen LogP contribution in [0.5, 0.6) is 11.6 Å². The van der Waals surface area contributed by atoms with Gasteiger partial charge in [-0.3, -0.25) is 4.98 Å². The maximum absolute atomic E-state index is 13.5. The second-order valence-corrected chi connectivity index (χ2v) is 7.58. The zero-order valence-corrected chi connectivity index (χ0v) is 17.4. The number of hydrogen-bond donors (Lipinski definition) is 0. The fourth-order valence-electron chi connectivity index (χ4n) is 2.50. The zero-order valence-electron chi connectivity index (χ0n) is 15.8. The van der Waals surface area contributed by atoms with Crippen molar-refractivity contribution in [3.63, 3.8) is 0 Å². The van der Waals surface area contributed by atoms with E-state index in [1.54, 1.807) is 6.92 Å². The summed E-state index contributed by atoms with van der Waals surface area (Å²) in [5.41, 5.74) is -0.269. The lowest BCUT2D eigenvalue weighted by molar-refractivity contribution is 0.0516. The topological polar surface area (TPSA) is 66.2 Å². The molecular weight excluding hydrogens is 424 g/mol. The highest BCUT2D eigenvalue weighted by molar-refractivity contribution is 9.10. The summed E-state index contributed by atoms with van der Waals surface area (Å²) in [5, 5.41) is 4.36. The standard InChI is InChI=1S/C18H22BrF2N3O3/c1-6-10-14(17(25)26-7-2)23-24(18(3,4)5)16(10)27-12-9-22-8-11(19)13(12)15(20)21/h8-9,15H,6-7H2,1-5H3. The first kappa shape index (κ1) is 21.3. The van der Waals surface area contributed by atoms with Crippen LogP contribution in [0.1, 0.15) is 62.7 Å². The highest BCUT2D eigenvalue weighted by Gasteiger charge is 2.31. The quantitative estimate of drug-likeness (QED) is 0.566. The van der Waals surface area contributed by atoms with Crippen molar-refractivity contribution >= 4 is 21.9 Å². The highest BCUT2D eigenvalue weighted by Crippen LogP contribution is 2.39. The highest BCUT2D eigenvalue weighted by atomic mass is 79.9. The first-order chi connectivity index (χ1) is 12.6. The molecule has 0 spiro atoms. The molecule has 0 radical (unpaired) electrons. The molecule has 0 bridgehead atoms. The Morgan fingerprint density at radius 1 is 1.30 bits per heavy atom. The number of halogens is 3. The molecule has 2 aromatic heterocycles. The largest absolute Gasteiger partial charge is 0.461 e. The zero-order chi connectivity index (χ0) is 20.4. The summed E-state index contributed by atoms with van der Waals surface area (Å²) in [5.74, 6) is -0.464. The van der Waals surface area contributed by atoms with Crippen molar-refractivity contribution in [1.29, 1.82) is 0 Å². The lowest BCUT2D eigenvalue weighted by Crippen LogP contribution is -2.24. The van der Waals surface area contributed by atoms with Crippen LogP contribution in [0.4, 0.5) is 8.78 Å². The molecule has 2 rings (SSSR count). The predicted octanol–water partition coefficient (Wildman–Crippen LogP) is 5.26. The minimum atomic E-state index is -2.77. The molecule has 6 nitrogen and oxygen atoms in total. The molecular formula is C18H22BrF2N3O3. The SMILES string of the molecule is CCOC(=O)c1nn(C(C)(C)C)c(Oc2cncc(Br)c2C(F)F)c1CC. The molecule has 0 saturated carbocycles.